The van der Waals surface area contributed by atoms with Crippen molar-refractivity contribution in [3.8, 4) is 5.75 Å². The number of aryl methyl sites for hydroxylation is 1. The van der Waals surface area contributed by atoms with Gasteiger partial charge in [-0.25, -0.2) is 4.98 Å². The SMILES string of the molecule is CCCOc1cc(C)ccc1CNc1ccc(C(N)=O)cn1. The van der Waals surface area contributed by atoms with Crippen LogP contribution in [0.1, 0.15) is 34.8 Å². The second kappa shape index (κ2) is 7.45. The Morgan fingerprint density at radius 3 is 2.77 bits per heavy atom. The second-order valence-corrected chi connectivity index (χ2v) is 5.11. The summed E-state index contributed by atoms with van der Waals surface area (Å²) in [5.41, 5.74) is 7.82. The van der Waals surface area contributed by atoms with Gasteiger partial charge in [0.15, 0.2) is 0 Å². The molecule has 0 aliphatic rings. The maximum Gasteiger partial charge on any atom is 0.250 e. The van der Waals surface area contributed by atoms with Crippen molar-refractivity contribution in [2.75, 3.05) is 11.9 Å². The molecule has 2 rings (SSSR count). The largest absolute Gasteiger partial charge is 0.493 e. The van der Waals surface area contributed by atoms with Crippen LogP contribution in [0.15, 0.2) is 36.5 Å². The fourth-order valence-electron chi connectivity index (χ4n) is 1.98. The van der Waals surface area contributed by atoms with Crippen molar-refractivity contribution in [2.45, 2.75) is 26.8 Å². The van der Waals surface area contributed by atoms with Gasteiger partial charge < -0.3 is 15.8 Å². The number of pyridine rings is 1. The molecule has 0 fully saturated rings. The summed E-state index contributed by atoms with van der Waals surface area (Å²) in [5.74, 6) is 1.10. The Morgan fingerprint density at radius 1 is 1.32 bits per heavy atom. The van der Waals surface area contributed by atoms with Crippen LogP contribution in [-0.2, 0) is 6.54 Å². The summed E-state index contributed by atoms with van der Waals surface area (Å²) in [6.45, 7) is 5.42. The number of nitrogens with zero attached hydrogens (tertiary/aromatic N) is 1. The first kappa shape index (κ1) is 15.8. The minimum atomic E-state index is -0.479. The highest BCUT2D eigenvalue weighted by Gasteiger charge is 2.05. The van der Waals surface area contributed by atoms with Crippen LogP contribution >= 0.6 is 0 Å². The zero-order valence-corrected chi connectivity index (χ0v) is 12.9. The molecule has 5 nitrogen and oxygen atoms in total. The van der Waals surface area contributed by atoms with Crippen molar-refractivity contribution >= 4 is 11.7 Å². The minimum Gasteiger partial charge on any atom is -0.493 e. The second-order valence-electron chi connectivity index (χ2n) is 5.11. The number of ether oxygens (including phenoxy) is 1. The van der Waals surface area contributed by atoms with Gasteiger partial charge in [-0.05, 0) is 37.1 Å². The lowest BCUT2D eigenvalue weighted by Crippen LogP contribution is -2.11. The number of anilines is 1. The molecule has 116 valence electrons. The summed E-state index contributed by atoms with van der Waals surface area (Å²) in [4.78, 5) is 15.2. The standard InChI is InChI=1S/C17H21N3O2/c1-3-8-22-15-9-12(2)4-5-13(15)10-19-16-7-6-14(11-20-16)17(18)21/h4-7,9,11H,3,8,10H2,1-2H3,(H2,18,21)(H,19,20). The quantitative estimate of drug-likeness (QED) is 0.824. The number of nitrogens with one attached hydrogen (secondary N) is 1. The number of rotatable bonds is 7. The van der Waals surface area contributed by atoms with E-state index in [4.69, 9.17) is 10.5 Å². The molecule has 2 aromatic rings. The predicted octanol–water partition coefficient (Wildman–Crippen LogP) is 2.89. The molecule has 1 heterocycles. The van der Waals surface area contributed by atoms with E-state index < -0.39 is 5.91 Å². The molecular formula is C17H21N3O2. The third-order valence-corrected chi connectivity index (χ3v) is 3.19. The average molecular weight is 299 g/mol. The lowest BCUT2D eigenvalue weighted by atomic mass is 10.1. The van der Waals surface area contributed by atoms with Crippen molar-refractivity contribution in [3.63, 3.8) is 0 Å². The molecule has 0 saturated carbocycles. The minimum absolute atomic E-state index is 0.396. The van der Waals surface area contributed by atoms with E-state index >= 15 is 0 Å². The zero-order valence-electron chi connectivity index (χ0n) is 12.9. The van der Waals surface area contributed by atoms with E-state index in [2.05, 4.69) is 23.3 Å². The molecule has 0 atom stereocenters. The molecule has 22 heavy (non-hydrogen) atoms. The van der Waals surface area contributed by atoms with Crippen LogP contribution in [-0.4, -0.2) is 17.5 Å². The Labute approximate surface area is 130 Å². The first-order chi connectivity index (χ1) is 10.6. The molecule has 0 bridgehead atoms. The summed E-state index contributed by atoms with van der Waals surface area (Å²) < 4.78 is 5.78. The summed E-state index contributed by atoms with van der Waals surface area (Å²) in [7, 11) is 0. The van der Waals surface area contributed by atoms with E-state index in [0.29, 0.717) is 24.5 Å². The number of aromatic nitrogens is 1. The fraction of sp³-hybridized carbons (Fsp3) is 0.294. The van der Waals surface area contributed by atoms with E-state index in [1.165, 1.54) is 11.8 Å². The molecule has 5 heteroatoms. The molecule has 0 saturated heterocycles. The Balaban J connectivity index is 2.05. The molecule has 3 N–H and O–H groups in total. The number of nitrogens with two attached hydrogens (primary N) is 1. The highest BCUT2D eigenvalue weighted by atomic mass is 16.5. The van der Waals surface area contributed by atoms with E-state index in [9.17, 15) is 4.79 Å². The monoisotopic (exact) mass is 299 g/mol. The Bertz CT molecular complexity index is 639. The van der Waals surface area contributed by atoms with Gasteiger partial charge in [-0.15, -0.1) is 0 Å². The number of benzene rings is 1. The first-order valence-corrected chi connectivity index (χ1v) is 7.32. The van der Waals surface area contributed by atoms with Gasteiger partial charge >= 0.3 is 0 Å². The van der Waals surface area contributed by atoms with Crippen LogP contribution in [0.25, 0.3) is 0 Å². The maximum absolute atomic E-state index is 11.0. The van der Waals surface area contributed by atoms with E-state index in [-0.39, 0.29) is 0 Å². The van der Waals surface area contributed by atoms with Crippen LogP contribution < -0.4 is 15.8 Å². The predicted molar refractivity (Wildman–Crippen MR) is 87.0 cm³/mol. The van der Waals surface area contributed by atoms with E-state index in [1.54, 1.807) is 12.1 Å². The third-order valence-electron chi connectivity index (χ3n) is 3.19. The summed E-state index contributed by atoms with van der Waals surface area (Å²) >= 11 is 0. The Kier molecular flexibility index (Phi) is 5.36. The number of carbonyl (C=O) groups excluding carboxylic acids is 1. The fourth-order valence-corrected chi connectivity index (χ4v) is 1.98. The van der Waals surface area contributed by atoms with Crippen LogP contribution in [0.4, 0.5) is 5.82 Å². The van der Waals surface area contributed by atoms with Gasteiger partial charge in [0.05, 0.1) is 12.2 Å². The molecule has 0 unspecified atom stereocenters. The zero-order chi connectivity index (χ0) is 15.9. The van der Waals surface area contributed by atoms with Crippen LogP contribution in [0.5, 0.6) is 5.75 Å². The van der Waals surface area contributed by atoms with E-state index in [1.807, 2.05) is 19.1 Å². The molecule has 0 radical (unpaired) electrons. The number of primary amides is 1. The number of amides is 1. The normalized spacial score (nSPS) is 10.3. The molecule has 0 spiro atoms. The van der Waals surface area contributed by atoms with Crippen molar-refractivity contribution < 1.29 is 9.53 Å². The number of carbonyl (C=O) groups is 1. The number of hydrogen-bond donors (Lipinski definition) is 2. The van der Waals surface area contributed by atoms with Gasteiger partial charge in [-0.2, -0.15) is 0 Å². The van der Waals surface area contributed by atoms with Gasteiger partial charge in [0.1, 0.15) is 11.6 Å². The molecule has 1 aromatic heterocycles. The van der Waals surface area contributed by atoms with Crippen molar-refractivity contribution in [2.24, 2.45) is 5.73 Å². The van der Waals surface area contributed by atoms with Gasteiger partial charge in [-0.1, -0.05) is 19.1 Å². The lowest BCUT2D eigenvalue weighted by Gasteiger charge is -2.13. The number of hydrogen-bond acceptors (Lipinski definition) is 4. The molecule has 0 aliphatic heterocycles. The van der Waals surface area contributed by atoms with Crippen molar-refractivity contribution in [3.05, 3.63) is 53.2 Å². The highest BCUT2D eigenvalue weighted by molar-refractivity contribution is 5.92. The average Bonchev–Trinajstić information content (AvgIpc) is 2.52. The Hall–Kier alpha value is -2.56. The first-order valence-electron chi connectivity index (χ1n) is 7.32. The third kappa shape index (κ3) is 4.22. The summed E-state index contributed by atoms with van der Waals surface area (Å²) in [6, 6.07) is 9.53. The smallest absolute Gasteiger partial charge is 0.250 e. The molecular weight excluding hydrogens is 278 g/mol. The molecule has 1 amide bonds. The maximum atomic E-state index is 11.0. The highest BCUT2D eigenvalue weighted by Crippen LogP contribution is 2.21. The summed E-state index contributed by atoms with van der Waals surface area (Å²) in [5, 5.41) is 3.22. The van der Waals surface area contributed by atoms with Crippen molar-refractivity contribution in [1.82, 2.24) is 4.98 Å². The van der Waals surface area contributed by atoms with Crippen LogP contribution in [0.3, 0.4) is 0 Å². The van der Waals surface area contributed by atoms with Crippen molar-refractivity contribution in [1.29, 1.82) is 0 Å². The topological polar surface area (TPSA) is 77.2 Å². The molecule has 1 aromatic carbocycles. The van der Waals surface area contributed by atoms with Crippen LogP contribution in [0, 0.1) is 6.92 Å². The van der Waals surface area contributed by atoms with Gasteiger partial charge in [-0.3, -0.25) is 4.79 Å². The van der Waals surface area contributed by atoms with Gasteiger partial charge in [0, 0.05) is 18.3 Å². The van der Waals surface area contributed by atoms with Crippen LogP contribution in [0.2, 0.25) is 0 Å². The molecule has 0 aliphatic carbocycles. The lowest BCUT2D eigenvalue weighted by molar-refractivity contribution is 0.1000. The Morgan fingerprint density at radius 2 is 2.14 bits per heavy atom. The van der Waals surface area contributed by atoms with Gasteiger partial charge in [0.2, 0.25) is 5.91 Å². The summed E-state index contributed by atoms with van der Waals surface area (Å²) in [6.07, 6.45) is 2.44. The van der Waals surface area contributed by atoms with E-state index in [0.717, 1.165) is 17.7 Å². The van der Waals surface area contributed by atoms with Gasteiger partial charge in [0.25, 0.3) is 0 Å².